The van der Waals surface area contributed by atoms with Crippen molar-refractivity contribution in [3.05, 3.63) is 12.7 Å². The van der Waals surface area contributed by atoms with Crippen LogP contribution in [-0.4, -0.2) is 34.4 Å². The van der Waals surface area contributed by atoms with Crippen molar-refractivity contribution in [2.45, 2.75) is 30.9 Å². The van der Waals surface area contributed by atoms with Crippen LogP contribution < -0.4 is 5.32 Å². The molecule has 2 atom stereocenters. The summed E-state index contributed by atoms with van der Waals surface area (Å²) < 4.78 is 0. The standard InChI is InChI=1S/C9H15NO3/c1-2-9(13,8(11)12)7-5-3-4-6-10-7/h2,7,10,13H,1,3-6H2,(H,11,12)/t7-,9-/m1/s1. The number of aliphatic hydroxyl groups is 1. The van der Waals surface area contributed by atoms with E-state index < -0.39 is 17.6 Å². The molecule has 4 nitrogen and oxygen atoms in total. The van der Waals surface area contributed by atoms with Gasteiger partial charge in [-0.2, -0.15) is 0 Å². The minimum absolute atomic E-state index is 0.406. The maximum absolute atomic E-state index is 10.8. The summed E-state index contributed by atoms with van der Waals surface area (Å²) in [7, 11) is 0. The number of carbonyl (C=O) groups is 1. The second-order valence-electron chi connectivity index (χ2n) is 3.34. The quantitative estimate of drug-likeness (QED) is 0.547. The molecular formula is C9H15NO3. The summed E-state index contributed by atoms with van der Waals surface area (Å²) in [6.45, 7) is 4.12. The molecule has 0 unspecified atom stereocenters. The van der Waals surface area contributed by atoms with Crippen LogP contribution in [0.4, 0.5) is 0 Å². The van der Waals surface area contributed by atoms with Gasteiger partial charge in [0.05, 0.1) is 6.04 Å². The van der Waals surface area contributed by atoms with Crippen molar-refractivity contribution in [2.24, 2.45) is 0 Å². The molecule has 0 aromatic carbocycles. The number of carboxylic acids is 1. The van der Waals surface area contributed by atoms with Crippen molar-refractivity contribution < 1.29 is 15.0 Å². The zero-order valence-electron chi connectivity index (χ0n) is 7.49. The van der Waals surface area contributed by atoms with Gasteiger partial charge in [-0.1, -0.05) is 13.0 Å². The van der Waals surface area contributed by atoms with Crippen LogP contribution in [0.1, 0.15) is 19.3 Å². The van der Waals surface area contributed by atoms with Crippen LogP contribution in [-0.2, 0) is 4.79 Å². The second kappa shape index (κ2) is 3.89. The van der Waals surface area contributed by atoms with Crippen molar-refractivity contribution in [3.8, 4) is 0 Å². The van der Waals surface area contributed by atoms with Gasteiger partial charge >= 0.3 is 5.97 Å². The summed E-state index contributed by atoms with van der Waals surface area (Å²) in [5.41, 5.74) is -1.82. The molecule has 0 saturated carbocycles. The van der Waals surface area contributed by atoms with E-state index in [9.17, 15) is 9.90 Å². The summed E-state index contributed by atoms with van der Waals surface area (Å²) in [4.78, 5) is 10.8. The molecule has 0 aromatic rings. The van der Waals surface area contributed by atoms with Crippen LogP contribution in [0.5, 0.6) is 0 Å². The zero-order chi connectivity index (χ0) is 9.90. The Morgan fingerprint density at radius 2 is 2.31 bits per heavy atom. The zero-order valence-corrected chi connectivity index (χ0v) is 7.49. The number of carboxylic acid groups (broad SMARTS) is 1. The third-order valence-corrected chi connectivity index (χ3v) is 2.50. The van der Waals surface area contributed by atoms with Crippen LogP contribution in [0.3, 0.4) is 0 Å². The summed E-state index contributed by atoms with van der Waals surface area (Å²) >= 11 is 0. The highest BCUT2D eigenvalue weighted by Crippen LogP contribution is 2.20. The molecule has 0 aromatic heterocycles. The number of piperidine rings is 1. The minimum atomic E-state index is -1.82. The topological polar surface area (TPSA) is 69.6 Å². The Hall–Kier alpha value is -0.870. The van der Waals surface area contributed by atoms with E-state index in [0.29, 0.717) is 6.42 Å². The molecule has 74 valence electrons. The van der Waals surface area contributed by atoms with Crippen molar-refractivity contribution in [2.75, 3.05) is 6.54 Å². The molecule has 4 heteroatoms. The molecule has 1 rings (SSSR count). The van der Waals surface area contributed by atoms with Crippen LogP contribution in [0.15, 0.2) is 12.7 Å². The molecule has 1 heterocycles. The molecule has 3 N–H and O–H groups in total. The van der Waals surface area contributed by atoms with Gasteiger partial charge in [-0.05, 0) is 25.5 Å². The number of aliphatic carboxylic acids is 1. The summed E-state index contributed by atoms with van der Waals surface area (Å²) in [5, 5.41) is 21.6. The van der Waals surface area contributed by atoms with Gasteiger partial charge in [0, 0.05) is 0 Å². The van der Waals surface area contributed by atoms with E-state index >= 15 is 0 Å². The lowest BCUT2D eigenvalue weighted by Crippen LogP contribution is -2.56. The van der Waals surface area contributed by atoms with Crippen molar-refractivity contribution in [3.63, 3.8) is 0 Å². The molecule has 1 saturated heterocycles. The maximum Gasteiger partial charge on any atom is 0.341 e. The Balaban J connectivity index is 2.74. The van der Waals surface area contributed by atoms with Crippen LogP contribution in [0, 0.1) is 0 Å². The first-order valence-electron chi connectivity index (χ1n) is 4.44. The predicted molar refractivity (Wildman–Crippen MR) is 48.4 cm³/mol. The van der Waals surface area contributed by atoms with Gasteiger partial charge in [-0.3, -0.25) is 0 Å². The fourth-order valence-electron chi connectivity index (χ4n) is 1.61. The van der Waals surface area contributed by atoms with Crippen LogP contribution in [0.25, 0.3) is 0 Å². The van der Waals surface area contributed by atoms with E-state index in [-0.39, 0.29) is 0 Å². The highest BCUT2D eigenvalue weighted by atomic mass is 16.4. The van der Waals surface area contributed by atoms with Crippen LogP contribution >= 0.6 is 0 Å². The Kier molecular flexibility index (Phi) is 3.06. The first-order chi connectivity index (χ1) is 6.11. The van der Waals surface area contributed by atoms with Gasteiger partial charge in [0.15, 0.2) is 5.60 Å². The third-order valence-electron chi connectivity index (χ3n) is 2.50. The second-order valence-corrected chi connectivity index (χ2v) is 3.34. The third kappa shape index (κ3) is 1.89. The van der Waals surface area contributed by atoms with Gasteiger partial charge in [-0.15, -0.1) is 0 Å². The molecule has 13 heavy (non-hydrogen) atoms. The predicted octanol–water partition coefficient (Wildman–Crippen LogP) is 0.130. The monoisotopic (exact) mass is 185 g/mol. The summed E-state index contributed by atoms with van der Waals surface area (Å²) in [6, 6.07) is -0.406. The Bertz CT molecular complexity index is 211. The first kappa shape index (κ1) is 10.2. The average Bonchev–Trinajstić information content (AvgIpc) is 2.17. The molecular weight excluding hydrogens is 170 g/mol. The lowest BCUT2D eigenvalue weighted by atomic mass is 9.88. The van der Waals surface area contributed by atoms with Crippen molar-refractivity contribution in [1.29, 1.82) is 0 Å². The number of hydrogen-bond acceptors (Lipinski definition) is 3. The smallest absolute Gasteiger partial charge is 0.341 e. The fourth-order valence-corrected chi connectivity index (χ4v) is 1.61. The first-order valence-corrected chi connectivity index (χ1v) is 4.44. The molecule has 0 bridgehead atoms. The van der Waals surface area contributed by atoms with Gasteiger partial charge in [0.25, 0.3) is 0 Å². The van der Waals surface area contributed by atoms with E-state index in [0.717, 1.165) is 25.5 Å². The lowest BCUT2D eigenvalue weighted by Gasteiger charge is -2.33. The number of nitrogens with one attached hydrogen (secondary N) is 1. The van der Waals surface area contributed by atoms with Gasteiger partial charge < -0.3 is 15.5 Å². The Labute approximate surface area is 77.3 Å². The van der Waals surface area contributed by atoms with Gasteiger partial charge in [0.2, 0.25) is 0 Å². The summed E-state index contributed by atoms with van der Waals surface area (Å²) in [5.74, 6) is -1.23. The molecule has 0 spiro atoms. The Morgan fingerprint density at radius 3 is 2.69 bits per heavy atom. The maximum atomic E-state index is 10.8. The van der Waals surface area contributed by atoms with Gasteiger partial charge in [-0.25, -0.2) is 4.79 Å². The molecule has 0 amide bonds. The minimum Gasteiger partial charge on any atom is -0.479 e. The number of rotatable bonds is 3. The summed E-state index contributed by atoms with van der Waals surface area (Å²) in [6.07, 6.45) is 3.75. The van der Waals surface area contributed by atoms with E-state index in [4.69, 9.17) is 5.11 Å². The van der Waals surface area contributed by atoms with E-state index in [1.807, 2.05) is 0 Å². The molecule has 1 aliphatic rings. The largest absolute Gasteiger partial charge is 0.479 e. The lowest BCUT2D eigenvalue weighted by molar-refractivity contribution is -0.156. The molecule has 1 aliphatic heterocycles. The number of hydrogen-bond donors (Lipinski definition) is 3. The molecule has 1 fully saturated rings. The normalized spacial score (nSPS) is 27.6. The highest BCUT2D eigenvalue weighted by Gasteiger charge is 2.41. The molecule has 0 radical (unpaired) electrons. The average molecular weight is 185 g/mol. The fraction of sp³-hybridized carbons (Fsp3) is 0.667. The van der Waals surface area contributed by atoms with Crippen molar-refractivity contribution >= 4 is 5.97 Å². The Morgan fingerprint density at radius 1 is 1.62 bits per heavy atom. The van der Waals surface area contributed by atoms with Crippen LogP contribution in [0.2, 0.25) is 0 Å². The van der Waals surface area contributed by atoms with E-state index in [2.05, 4.69) is 11.9 Å². The molecule has 0 aliphatic carbocycles. The highest BCUT2D eigenvalue weighted by molar-refractivity contribution is 5.80. The van der Waals surface area contributed by atoms with Gasteiger partial charge in [0.1, 0.15) is 0 Å². The SMILES string of the molecule is C=C[C@](O)(C(=O)O)[C@H]1CCCCN1. The van der Waals surface area contributed by atoms with Crippen molar-refractivity contribution in [1.82, 2.24) is 5.32 Å². The van der Waals surface area contributed by atoms with E-state index in [1.165, 1.54) is 0 Å². The van der Waals surface area contributed by atoms with E-state index in [1.54, 1.807) is 0 Å².